The molecule has 0 heterocycles. The van der Waals surface area contributed by atoms with E-state index in [0.717, 1.165) is 21.9 Å². The SMILES string of the molecule is [2H]c1c([2H])c(C)c([2H])c(-c2ccc3ccc(-c4c5ccccc5c(-c5ccc(-c6ccccc6)c6ccccc56)c5ccccc45)cc3c2)c1[2H].c1ccc(-c2ccc(-c3c4ccccc4c(-c4ccc5ccc(-c6ccc7ccccc7c6)cc5c4)c4ccccc34)c3ccccc23)cc1. The normalized spacial score (nSPS) is 12.1. The first-order chi connectivity index (χ1) is 49.7. The summed E-state index contributed by atoms with van der Waals surface area (Å²) in [7, 11) is 0. The van der Waals surface area contributed by atoms with Crippen molar-refractivity contribution in [1.82, 2.24) is 0 Å². The number of fused-ring (bicyclic) bond motifs is 9. The van der Waals surface area contributed by atoms with Gasteiger partial charge < -0.3 is 0 Å². The zero-order valence-corrected chi connectivity index (χ0v) is 53.4. The van der Waals surface area contributed by atoms with Gasteiger partial charge in [-0.2, -0.15) is 0 Å². The van der Waals surface area contributed by atoms with Crippen LogP contribution < -0.4 is 0 Å². The standard InChI is InChI=1S/C50H32.C47H32/c1-2-13-35(14-3-1)41-28-29-48(43-17-7-6-16-42(41)43)50-46-20-10-8-18-44(46)49(45-19-9-11-21-47(45)50)39-27-24-34-23-26-38(31-40(34)32-39)37-25-22-33-12-4-5-15-36(33)30-37;1-31-12-11-15-34(28-31)35-24-22-32-23-25-36(30-37(32)29-35)46-41-18-7-9-20-43(41)47(44-21-10-8-19-42(44)46)45-27-26-38(33-13-3-2-4-14-33)39-16-5-6-17-40(39)45/h1-32H;2-30H,1H3/i;11D,12D,15D,28D. The molecule has 0 aromatic heterocycles. The molecule has 0 fully saturated rings. The van der Waals surface area contributed by atoms with Gasteiger partial charge in [-0.15, -0.1) is 0 Å². The van der Waals surface area contributed by atoms with Crippen molar-refractivity contribution in [2.45, 2.75) is 6.92 Å². The molecule has 0 amide bonds. The first-order valence-electron chi connectivity index (χ1n) is 35.4. The molecule has 97 heavy (non-hydrogen) atoms. The predicted octanol–water partition coefficient (Wildman–Crippen LogP) is 27.4. The summed E-state index contributed by atoms with van der Waals surface area (Å²) >= 11 is 0. The molecule has 0 bridgehead atoms. The fourth-order valence-electron chi connectivity index (χ4n) is 15.3. The second-order valence-corrected chi connectivity index (χ2v) is 25.4. The number of benzene rings is 19. The van der Waals surface area contributed by atoms with Crippen molar-refractivity contribution in [2.75, 3.05) is 0 Å². The molecule has 0 N–H and O–H groups in total. The van der Waals surface area contributed by atoms with E-state index in [1.54, 1.807) is 6.92 Å². The van der Waals surface area contributed by atoms with Gasteiger partial charge in [0.05, 0.1) is 5.48 Å². The Kier molecular flexibility index (Phi) is 13.2. The molecule has 0 heteroatoms. The maximum atomic E-state index is 8.75. The van der Waals surface area contributed by atoms with E-state index in [1.165, 1.54) is 153 Å². The van der Waals surface area contributed by atoms with Gasteiger partial charge in [-0.3, -0.25) is 0 Å². The van der Waals surface area contributed by atoms with Gasteiger partial charge in [0.25, 0.3) is 0 Å². The zero-order chi connectivity index (χ0) is 67.8. The summed E-state index contributed by atoms with van der Waals surface area (Å²) in [6.45, 7) is 1.69. The highest BCUT2D eigenvalue weighted by atomic mass is 14.3. The van der Waals surface area contributed by atoms with Crippen LogP contribution in [0, 0.1) is 6.92 Å². The molecule has 0 saturated heterocycles. The minimum absolute atomic E-state index is 0.0563. The third kappa shape index (κ3) is 10.2. The number of hydrogen-bond acceptors (Lipinski definition) is 0. The molecule has 19 aromatic carbocycles. The number of rotatable bonds is 8. The van der Waals surface area contributed by atoms with Crippen LogP contribution in [0.4, 0.5) is 0 Å². The van der Waals surface area contributed by atoms with Crippen LogP contribution >= 0.6 is 0 Å². The summed E-state index contributed by atoms with van der Waals surface area (Å²) in [5, 5.41) is 21.8. The third-order valence-electron chi connectivity index (χ3n) is 19.8. The first-order valence-corrected chi connectivity index (χ1v) is 33.4. The van der Waals surface area contributed by atoms with Crippen molar-refractivity contribution in [2.24, 2.45) is 0 Å². The van der Waals surface area contributed by atoms with Crippen LogP contribution in [0.5, 0.6) is 0 Å². The summed E-state index contributed by atoms with van der Waals surface area (Å²) < 4.78 is 33.9. The molecule has 0 radical (unpaired) electrons. The van der Waals surface area contributed by atoms with E-state index in [-0.39, 0.29) is 24.2 Å². The van der Waals surface area contributed by atoms with Crippen molar-refractivity contribution in [3.8, 4) is 89.0 Å². The average molecular weight is 1230 g/mol. The van der Waals surface area contributed by atoms with Gasteiger partial charge in [0.1, 0.15) is 0 Å². The van der Waals surface area contributed by atoms with Crippen LogP contribution in [0.1, 0.15) is 11.0 Å². The summed E-state index contributed by atoms with van der Waals surface area (Å²) in [6.07, 6.45) is 0. The third-order valence-corrected chi connectivity index (χ3v) is 19.8. The molecule has 19 rings (SSSR count). The molecule has 0 atom stereocenters. The lowest BCUT2D eigenvalue weighted by Crippen LogP contribution is -1.92. The predicted molar refractivity (Wildman–Crippen MR) is 419 cm³/mol. The van der Waals surface area contributed by atoms with Gasteiger partial charge in [-0.25, -0.2) is 0 Å². The Morgan fingerprint density at radius 1 is 0.186 bits per heavy atom. The summed E-state index contributed by atoms with van der Waals surface area (Å²) in [5.74, 6) is 0. The quantitative estimate of drug-likeness (QED) is 0.133. The molecule has 19 aromatic rings. The second kappa shape index (κ2) is 24.1. The Bertz CT molecular complexity index is 6430. The molecular weight excluding hydrogens is 1170 g/mol. The smallest absolute Gasteiger partial charge is 0.0622 e. The maximum Gasteiger partial charge on any atom is 0.0632 e. The van der Waals surface area contributed by atoms with Gasteiger partial charge in [-0.05, 0) is 223 Å². The van der Waals surface area contributed by atoms with Crippen molar-refractivity contribution >= 4 is 97.0 Å². The lowest BCUT2D eigenvalue weighted by molar-refractivity contribution is 1.47. The van der Waals surface area contributed by atoms with Crippen LogP contribution in [0.25, 0.3) is 186 Å². The molecule has 0 aliphatic heterocycles. The Labute approximate surface area is 570 Å². The van der Waals surface area contributed by atoms with E-state index in [4.69, 9.17) is 5.48 Å². The van der Waals surface area contributed by atoms with E-state index < -0.39 is 0 Å². The highest BCUT2D eigenvalue weighted by Crippen LogP contribution is 2.50. The Balaban J connectivity index is 0.000000145. The molecule has 452 valence electrons. The fraction of sp³-hybridized carbons (Fsp3) is 0.0103. The molecule has 0 saturated carbocycles. The van der Waals surface area contributed by atoms with E-state index in [0.29, 0.717) is 16.7 Å². The minimum atomic E-state index is -0.145. The minimum Gasteiger partial charge on any atom is -0.0622 e. The van der Waals surface area contributed by atoms with Crippen LogP contribution in [0.15, 0.2) is 370 Å². The zero-order valence-electron chi connectivity index (χ0n) is 57.4. The fourth-order valence-corrected chi connectivity index (χ4v) is 15.3. The monoisotopic (exact) mass is 1230 g/mol. The molecule has 0 nitrogen and oxygen atoms in total. The van der Waals surface area contributed by atoms with E-state index >= 15 is 0 Å². The van der Waals surface area contributed by atoms with E-state index in [9.17, 15) is 0 Å². The second-order valence-electron chi connectivity index (χ2n) is 25.4. The topological polar surface area (TPSA) is 0 Å². The average Bonchev–Trinajstić information content (AvgIpc) is 0.729. The van der Waals surface area contributed by atoms with Crippen LogP contribution in [-0.4, -0.2) is 0 Å². The van der Waals surface area contributed by atoms with Gasteiger partial charge in [0.2, 0.25) is 0 Å². The highest BCUT2D eigenvalue weighted by Gasteiger charge is 2.22. The highest BCUT2D eigenvalue weighted by molar-refractivity contribution is 6.26. The summed E-state index contributed by atoms with van der Waals surface area (Å²) in [5.41, 5.74) is 18.6. The van der Waals surface area contributed by atoms with Gasteiger partial charge in [0.15, 0.2) is 0 Å². The Morgan fingerprint density at radius 2 is 0.464 bits per heavy atom. The van der Waals surface area contributed by atoms with Gasteiger partial charge in [0, 0.05) is 0 Å². The maximum absolute atomic E-state index is 8.75. The summed E-state index contributed by atoms with van der Waals surface area (Å²) in [6, 6.07) is 125. The van der Waals surface area contributed by atoms with Crippen molar-refractivity contribution in [1.29, 1.82) is 0 Å². The molecule has 0 aliphatic carbocycles. The van der Waals surface area contributed by atoms with Gasteiger partial charge in [-0.1, -0.05) is 345 Å². The lowest BCUT2D eigenvalue weighted by Gasteiger charge is -2.20. The van der Waals surface area contributed by atoms with Gasteiger partial charge >= 0.3 is 0 Å². The molecule has 0 spiro atoms. The van der Waals surface area contributed by atoms with Crippen molar-refractivity contribution in [3.05, 3.63) is 376 Å². The molecule has 0 unspecified atom stereocenters. The number of hydrogen-bond donors (Lipinski definition) is 0. The van der Waals surface area contributed by atoms with Crippen LogP contribution in [0.2, 0.25) is 0 Å². The van der Waals surface area contributed by atoms with E-state index in [2.05, 4.69) is 328 Å². The Hall–Kier alpha value is -12.5. The lowest BCUT2D eigenvalue weighted by atomic mass is 9.83. The molecule has 0 aliphatic rings. The van der Waals surface area contributed by atoms with Crippen LogP contribution in [0.3, 0.4) is 0 Å². The summed E-state index contributed by atoms with van der Waals surface area (Å²) in [4.78, 5) is 0. The van der Waals surface area contributed by atoms with Crippen LogP contribution in [-0.2, 0) is 0 Å². The largest absolute Gasteiger partial charge is 0.0632 e. The van der Waals surface area contributed by atoms with Crippen molar-refractivity contribution in [3.63, 3.8) is 0 Å². The van der Waals surface area contributed by atoms with E-state index in [1.807, 2.05) is 18.2 Å². The Morgan fingerprint density at radius 3 is 0.866 bits per heavy atom. The van der Waals surface area contributed by atoms with Crippen molar-refractivity contribution < 1.29 is 5.48 Å². The molecular formula is C97H64. The first kappa shape index (κ1) is 53.0.